The highest BCUT2D eigenvalue weighted by Crippen LogP contribution is 2.16. The van der Waals surface area contributed by atoms with Crippen LogP contribution in [0.2, 0.25) is 0 Å². The maximum absolute atomic E-state index is 11.8. The van der Waals surface area contributed by atoms with Crippen molar-refractivity contribution in [3.05, 3.63) is 29.3 Å². The molecule has 0 saturated heterocycles. The summed E-state index contributed by atoms with van der Waals surface area (Å²) in [6.07, 6.45) is 2.86. The lowest BCUT2D eigenvalue weighted by atomic mass is 10.0. The van der Waals surface area contributed by atoms with Gasteiger partial charge >= 0.3 is 0 Å². The number of amides is 1. The van der Waals surface area contributed by atoms with E-state index in [1.165, 1.54) is 11.1 Å². The second-order valence-corrected chi connectivity index (χ2v) is 5.02. The second-order valence-electron chi connectivity index (χ2n) is 5.02. The monoisotopic (exact) mass is 233 g/mol. The molecule has 0 radical (unpaired) electrons. The summed E-state index contributed by atoms with van der Waals surface area (Å²) in [5.41, 5.74) is 3.28. The zero-order valence-electron chi connectivity index (χ0n) is 11.3. The minimum atomic E-state index is 0.121. The van der Waals surface area contributed by atoms with Crippen LogP contribution >= 0.6 is 0 Å². The maximum atomic E-state index is 11.8. The molecule has 0 aliphatic heterocycles. The number of aryl methyl sites for hydroxylation is 2. The molecule has 0 heterocycles. The Kier molecular flexibility index (Phi) is 5.20. The number of hydrogen-bond acceptors (Lipinski definition) is 1. The van der Waals surface area contributed by atoms with Gasteiger partial charge in [0.05, 0.1) is 0 Å². The number of carbonyl (C=O) groups excluding carboxylic acids is 1. The van der Waals surface area contributed by atoms with Gasteiger partial charge in [-0.2, -0.15) is 0 Å². The van der Waals surface area contributed by atoms with E-state index in [1.807, 2.05) is 26.0 Å². The lowest BCUT2D eigenvalue weighted by Crippen LogP contribution is -2.15. The van der Waals surface area contributed by atoms with E-state index in [9.17, 15) is 4.79 Å². The Morgan fingerprint density at radius 3 is 2.35 bits per heavy atom. The highest BCUT2D eigenvalue weighted by atomic mass is 16.1. The molecule has 0 saturated carbocycles. The Balaban J connectivity index is 2.56. The van der Waals surface area contributed by atoms with E-state index in [4.69, 9.17) is 0 Å². The van der Waals surface area contributed by atoms with E-state index in [1.54, 1.807) is 0 Å². The number of hydrogen-bond donors (Lipinski definition) is 1. The van der Waals surface area contributed by atoms with Gasteiger partial charge in [-0.05, 0) is 43.0 Å². The van der Waals surface area contributed by atoms with Crippen LogP contribution in [0.25, 0.3) is 0 Å². The van der Waals surface area contributed by atoms with Gasteiger partial charge in [-0.25, -0.2) is 0 Å². The number of rotatable bonds is 5. The van der Waals surface area contributed by atoms with Crippen molar-refractivity contribution in [2.75, 3.05) is 5.32 Å². The summed E-state index contributed by atoms with van der Waals surface area (Å²) in [5, 5.41) is 2.97. The fraction of sp³-hybridized carbons (Fsp3) is 0.533. The first-order valence-corrected chi connectivity index (χ1v) is 6.39. The summed E-state index contributed by atoms with van der Waals surface area (Å²) < 4.78 is 0. The van der Waals surface area contributed by atoms with Gasteiger partial charge < -0.3 is 5.32 Å². The Bertz CT molecular complexity index is 364. The van der Waals surface area contributed by atoms with Crippen LogP contribution in [-0.4, -0.2) is 5.91 Å². The maximum Gasteiger partial charge on any atom is 0.224 e. The Morgan fingerprint density at radius 2 is 1.82 bits per heavy atom. The minimum Gasteiger partial charge on any atom is -0.326 e. The van der Waals surface area contributed by atoms with E-state index in [0.29, 0.717) is 12.3 Å². The van der Waals surface area contributed by atoms with Crippen molar-refractivity contribution in [1.82, 2.24) is 0 Å². The molecule has 17 heavy (non-hydrogen) atoms. The first kappa shape index (κ1) is 13.8. The van der Waals surface area contributed by atoms with Crippen molar-refractivity contribution in [3.8, 4) is 0 Å². The summed E-state index contributed by atoms with van der Waals surface area (Å²) in [6, 6.07) is 6.13. The minimum absolute atomic E-state index is 0.121. The van der Waals surface area contributed by atoms with Gasteiger partial charge in [-0.3, -0.25) is 4.79 Å². The first-order valence-electron chi connectivity index (χ1n) is 6.39. The molecular formula is C15H23NO. The third-order valence-corrected chi connectivity index (χ3v) is 2.82. The van der Waals surface area contributed by atoms with Gasteiger partial charge in [0.25, 0.3) is 0 Å². The molecule has 0 bridgehead atoms. The molecule has 1 aromatic rings. The fourth-order valence-electron chi connectivity index (χ4n) is 2.17. The second kappa shape index (κ2) is 6.43. The summed E-state index contributed by atoms with van der Waals surface area (Å²) in [6.45, 7) is 8.37. The predicted octanol–water partition coefficient (Wildman–Crippen LogP) is 4.07. The largest absolute Gasteiger partial charge is 0.326 e. The average molecular weight is 233 g/mol. The Morgan fingerprint density at radius 1 is 1.24 bits per heavy atom. The smallest absolute Gasteiger partial charge is 0.224 e. The fourth-order valence-corrected chi connectivity index (χ4v) is 2.17. The predicted molar refractivity (Wildman–Crippen MR) is 73.2 cm³/mol. The third kappa shape index (κ3) is 5.03. The van der Waals surface area contributed by atoms with Crippen LogP contribution in [0, 0.1) is 19.8 Å². The summed E-state index contributed by atoms with van der Waals surface area (Å²) in [5.74, 6) is 0.585. The highest BCUT2D eigenvalue weighted by Gasteiger charge is 2.08. The number of benzene rings is 1. The Hall–Kier alpha value is -1.31. The van der Waals surface area contributed by atoms with Crippen LogP contribution in [-0.2, 0) is 4.79 Å². The molecule has 1 N–H and O–H groups in total. The molecule has 1 amide bonds. The van der Waals surface area contributed by atoms with Crippen molar-refractivity contribution >= 4 is 11.6 Å². The molecule has 0 aliphatic rings. The quantitative estimate of drug-likeness (QED) is 0.816. The molecule has 94 valence electrons. The van der Waals surface area contributed by atoms with Crippen LogP contribution in [0.5, 0.6) is 0 Å². The zero-order valence-corrected chi connectivity index (χ0v) is 11.3. The van der Waals surface area contributed by atoms with E-state index in [0.717, 1.165) is 18.5 Å². The molecule has 0 aromatic heterocycles. The molecule has 1 unspecified atom stereocenters. The number of nitrogens with one attached hydrogen (secondary N) is 1. The lowest BCUT2D eigenvalue weighted by Gasteiger charge is -2.11. The average Bonchev–Trinajstić information content (AvgIpc) is 2.14. The van der Waals surface area contributed by atoms with Gasteiger partial charge in [0.2, 0.25) is 5.91 Å². The highest BCUT2D eigenvalue weighted by molar-refractivity contribution is 5.91. The van der Waals surface area contributed by atoms with Crippen molar-refractivity contribution in [1.29, 1.82) is 0 Å². The standard InChI is InChI=1S/C15H23NO/c1-5-6-11(2)10-15(17)16-14-8-12(3)7-13(4)9-14/h7-9,11H,5-6,10H2,1-4H3,(H,16,17). The zero-order chi connectivity index (χ0) is 12.8. The summed E-state index contributed by atoms with van der Waals surface area (Å²) in [4.78, 5) is 11.8. The molecule has 0 aliphatic carbocycles. The van der Waals surface area contributed by atoms with Crippen LogP contribution in [0.15, 0.2) is 18.2 Å². The molecule has 0 spiro atoms. The van der Waals surface area contributed by atoms with Gasteiger partial charge in [0.1, 0.15) is 0 Å². The first-order chi connectivity index (χ1) is 8.01. The molecule has 2 nitrogen and oxygen atoms in total. The number of carbonyl (C=O) groups is 1. The summed E-state index contributed by atoms with van der Waals surface area (Å²) in [7, 11) is 0. The SMILES string of the molecule is CCCC(C)CC(=O)Nc1cc(C)cc(C)c1. The van der Waals surface area contributed by atoms with Crippen molar-refractivity contribution in [3.63, 3.8) is 0 Å². The normalized spacial score (nSPS) is 12.2. The molecular weight excluding hydrogens is 210 g/mol. The van der Waals surface area contributed by atoms with Crippen LogP contribution in [0.4, 0.5) is 5.69 Å². The van der Waals surface area contributed by atoms with Crippen LogP contribution in [0.1, 0.15) is 44.2 Å². The van der Waals surface area contributed by atoms with Gasteiger partial charge in [0.15, 0.2) is 0 Å². The lowest BCUT2D eigenvalue weighted by molar-refractivity contribution is -0.117. The van der Waals surface area contributed by atoms with E-state index in [-0.39, 0.29) is 5.91 Å². The molecule has 1 rings (SSSR count). The molecule has 1 aromatic carbocycles. The van der Waals surface area contributed by atoms with Gasteiger partial charge in [-0.15, -0.1) is 0 Å². The van der Waals surface area contributed by atoms with Crippen molar-refractivity contribution in [2.45, 2.75) is 47.0 Å². The molecule has 0 fully saturated rings. The van der Waals surface area contributed by atoms with Crippen LogP contribution < -0.4 is 5.32 Å². The Labute approximate surface area is 104 Å². The van der Waals surface area contributed by atoms with E-state index < -0.39 is 0 Å². The van der Waals surface area contributed by atoms with Crippen LogP contribution in [0.3, 0.4) is 0 Å². The van der Waals surface area contributed by atoms with E-state index >= 15 is 0 Å². The van der Waals surface area contributed by atoms with Gasteiger partial charge in [-0.1, -0.05) is 32.8 Å². The van der Waals surface area contributed by atoms with Crippen molar-refractivity contribution in [2.24, 2.45) is 5.92 Å². The summed E-state index contributed by atoms with van der Waals surface area (Å²) >= 11 is 0. The topological polar surface area (TPSA) is 29.1 Å². The molecule has 1 atom stereocenters. The van der Waals surface area contributed by atoms with E-state index in [2.05, 4.69) is 25.2 Å². The number of anilines is 1. The third-order valence-electron chi connectivity index (χ3n) is 2.82. The molecule has 2 heteroatoms. The van der Waals surface area contributed by atoms with Gasteiger partial charge in [0, 0.05) is 12.1 Å². The van der Waals surface area contributed by atoms with Crippen molar-refractivity contribution < 1.29 is 4.79 Å².